The minimum Gasteiger partial charge on any atom is -0.493 e. The third-order valence-corrected chi connectivity index (χ3v) is 5.29. The summed E-state index contributed by atoms with van der Waals surface area (Å²) >= 11 is 0. The Balaban J connectivity index is 0.000000236. The standard InChI is InChI=1S/C19H20N2O2.C10H15NO2/c1-22-18-9-4-5-10-19(18)23-14-6-12-20-17-11-13-21-16-8-3-2-7-15(16)17;1-12-9-5-2-3-6-10(9)13-8-4-7-11/h2-5,7-11,13H,6,12,14H2,1H3,(H,20,21);2-3,5-6H,4,7-8,11H2,1H3. The molecule has 4 aromatic rings. The van der Waals surface area contributed by atoms with Crippen LogP contribution in [0.5, 0.6) is 23.0 Å². The van der Waals surface area contributed by atoms with Crippen LogP contribution in [-0.4, -0.2) is 45.5 Å². The highest BCUT2D eigenvalue weighted by Crippen LogP contribution is 2.26. The van der Waals surface area contributed by atoms with E-state index in [0.29, 0.717) is 19.8 Å². The Morgan fingerprint density at radius 3 is 1.86 bits per heavy atom. The van der Waals surface area contributed by atoms with Crippen LogP contribution >= 0.6 is 0 Å². The molecule has 0 bridgehead atoms. The fourth-order valence-corrected chi connectivity index (χ4v) is 3.47. The summed E-state index contributed by atoms with van der Waals surface area (Å²) in [6.07, 6.45) is 3.59. The number of anilines is 1. The second-order valence-electron chi connectivity index (χ2n) is 7.80. The number of nitrogens with two attached hydrogens (primary N) is 1. The number of hydrogen-bond acceptors (Lipinski definition) is 7. The van der Waals surface area contributed by atoms with E-state index in [1.54, 1.807) is 14.2 Å². The molecule has 0 saturated carbocycles. The van der Waals surface area contributed by atoms with E-state index in [1.165, 1.54) is 0 Å². The Bertz CT molecular complexity index is 1180. The number of ether oxygens (including phenoxy) is 4. The molecule has 0 fully saturated rings. The van der Waals surface area contributed by atoms with Gasteiger partial charge in [-0.15, -0.1) is 0 Å². The number of nitrogens with one attached hydrogen (secondary N) is 1. The van der Waals surface area contributed by atoms with Crippen molar-refractivity contribution < 1.29 is 18.9 Å². The highest BCUT2D eigenvalue weighted by atomic mass is 16.5. The third-order valence-electron chi connectivity index (χ3n) is 5.29. The molecule has 1 aromatic heterocycles. The van der Waals surface area contributed by atoms with Crippen molar-refractivity contribution in [1.82, 2.24) is 4.98 Å². The lowest BCUT2D eigenvalue weighted by Gasteiger charge is -2.11. The highest BCUT2D eigenvalue weighted by molar-refractivity contribution is 5.90. The van der Waals surface area contributed by atoms with Gasteiger partial charge >= 0.3 is 0 Å². The molecule has 0 unspecified atom stereocenters. The van der Waals surface area contributed by atoms with E-state index in [-0.39, 0.29) is 0 Å². The number of methoxy groups -OCH3 is 2. The first-order valence-corrected chi connectivity index (χ1v) is 12.1. The molecule has 36 heavy (non-hydrogen) atoms. The number of rotatable bonds is 12. The SMILES string of the molecule is COc1ccccc1OCCCN.COc1ccccc1OCCCNc1ccnc2ccccc12. The lowest BCUT2D eigenvalue weighted by molar-refractivity contribution is 0.291. The number of pyridine rings is 1. The molecule has 190 valence electrons. The van der Waals surface area contributed by atoms with Gasteiger partial charge in [-0.1, -0.05) is 42.5 Å². The van der Waals surface area contributed by atoms with E-state index < -0.39 is 0 Å². The molecule has 4 rings (SSSR count). The van der Waals surface area contributed by atoms with Crippen molar-refractivity contribution in [3.8, 4) is 23.0 Å². The minimum atomic E-state index is 0.635. The highest BCUT2D eigenvalue weighted by Gasteiger charge is 2.03. The second kappa shape index (κ2) is 15.1. The Labute approximate surface area is 213 Å². The Morgan fingerprint density at radius 2 is 1.25 bits per heavy atom. The van der Waals surface area contributed by atoms with E-state index in [2.05, 4.69) is 16.4 Å². The van der Waals surface area contributed by atoms with Crippen LogP contribution < -0.4 is 30.0 Å². The van der Waals surface area contributed by atoms with Crippen molar-refractivity contribution in [3.05, 3.63) is 85.1 Å². The summed E-state index contributed by atoms with van der Waals surface area (Å²) in [4.78, 5) is 4.37. The quantitative estimate of drug-likeness (QED) is 0.252. The van der Waals surface area contributed by atoms with Crippen LogP contribution in [0.4, 0.5) is 5.69 Å². The van der Waals surface area contributed by atoms with Gasteiger partial charge in [0.05, 0.1) is 33.0 Å². The molecule has 0 saturated heterocycles. The van der Waals surface area contributed by atoms with Gasteiger partial charge in [-0.05, 0) is 55.8 Å². The fraction of sp³-hybridized carbons (Fsp3) is 0.276. The van der Waals surface area contributed by atoms with Crippen molar-refractivity contribution >= 4 is 16.6 Å². The zero-order valence-electron chi connectivity index (χ0n) is 21.0. The average Bonchev–Trinajstić information content (AvgIpc) is 2.94. The predicted octanol–water partition coefficient (Wildman–Crippen LogP) is 5.55. The number of hydrogen-bond donors (Lipinski definition) is 2. The van der Waals surface area contributed by atoms with Gasteiger partial charge in [0.15, 0.2) is 23.0 Å². The van der Waals surface area contributed by atoms with E-state index in [0.717, 1.165) is 59.0 Å². The normalized spacial score (nSPS) is 10.2. The maximum atomic E-state index is 5.78. The van der Waals surface area contributed by atoms with Gasteiger partial charge < -0.3 is 30.0 Å². The summed E-state index contributed by atoms with van der Waals surface area (Å²) in [5.41, 5.74) is 7.46. The van der Waals surface area contributed by atoms with Crippen LogP contribution in [0.3, 0.4) is 0 Å². The topological polar surface area (TPSA) is 87.9 Å². The summed E-state index contributed by atoms with van der Waals surface area (Å²) < 4.78 is 21.6. The maximum absolute atomic E-state index is 5.78. The number of benzene rings is 3. The first-order chi connectivity index (χ1) is 17.8. The first-order valence-electron chi connectivity index (χ1n) is 12.1. The molecule has 0 amide bonds. The van der Waals surface area contributed by atoms with Crippen LogP contribution in [0.1, 0.15) is 12.8 Å². The molecular weight excluding hydrogens is 454 g/mol. The number of fused-ring (bicyclic) bond motifs is 1. The van der Waals surface area contributed by atoms with Crippen LogP contribution in [0.2, 0.25) is 0 Å². The summed E-state index contributed by atoms with van der Waals surface area (Å²) in [5.74, 6) is 3.09. The van der Waals surface area contributed by atoms with Gasteiger partial charge in [-0.2, -0.15) is 0 Å². The molecule has 7 nitrogen and oxygen atoms in total. The summed E-state index contributed by atoms with van der Waals surface area (Å²) in [5, 5.41) is 4.59. The molecule has 0 radical (unpaired) electrons. The van der Waals surface area contributed by atoms with E-state index in [4.69, 9.17) is 24.7 Å². The summed E-state index contributed by atoms with van der Waals surface area (Å²) in [6.45, 7) is 2.76. The molecule has 0 aliphatic rings. The molecule has 3 aromatic carbocycles. The van der Waals surface area contributed by atoms with Crippen LogP contribution in [0.25, 0.3) is 10.9 Å². The van der Waals surface area contributed by atoms with Crippen LogP contribution in [0, 0.1) is 0 Å². The zero-order chi connectivity index (χ0) is 25.4. The van der Waals surface area contributed by atoms with Crippen LogP contribution in [-0.2, 0) is 0 Å². The third kappa shape index (κ3) is 8.06. The smallest absolute Gasteiger partial charge is 0.161 e. The van der Waals surface area contributed by atoms with Crippen molar-refractivity contribution in [2.45, 2.75) is 12.8 Å². The largest absolute Gasteiger partial charge is 0.493 e. The Hall–Kier alpha value is -3.97. The Morgan fingerprint density at radius 1 is 0.694 bits per heavy atom. The second-order valence-corrected chi connectivity index (χ2v) is 7.80. The maximum Gasteiger partial charge on any atom is 0.161 e. The van der Waals surface area contributed by atoms with Gasteiger partial charge in [0.1, 0.15) is 0 Å². The monoisotopic (exact) mass is 489 g/mol. The molecule has 0 atom stereocenters. The lowest BCUT2D eigenvalue weighted by atomic mass is 10.2. The van der Waals surface area contributed by atoms with Crippen LogP contribution in [0.15, 0.2) is 85.1 Å². The summed E-state index contributed by atoms with van der Waals surface area (Å²) in [6, 6.07) is 25.4. The minimum absolute atomic E-state index is 0.635. The van der Waals surface area contributed by atoms with Crippen molar-refractivity contribution in [1.29, 1.82) is 0 Å². The van der Waals surface area contributed by atoms with Gasteiger partial charge in [-0.3, -0.25) is 4.98 Å². The molecular formula is C29H35N3O4. The molecule has 0 aliphatic carbocycles. The molecule has 3 N–H and O–H groups in total. The predicted molar refractivity (Wildman–Crippen MR) is 145 cm³/mol. The molecule has 7 heteroatoms. The van der Waals surface area contributed by atoms with E-state index >= 15 is 0 Å². The Kier molecular flexibility index (Phi) is 11.2. The number of nitrogens with zero attached hydrogens (tertiary/aromatic N) is 1. The van der Waals surface area contributed by atoms with Crippen molar-refractivity contribution in [2.24, 2.45) is 5.73 Å². The molecule has 1 heterocycles. The fourth-order valence-electron chi connectivity index (χ4n) is 3.47. The van der Waals surface area contributed by atoms with E-state index in [1.807, 2.05) is 79.0 Å². The van der Waals surface area contributed by atoms with Gasteiger partial charge in [0, 0.05) is 23.8 Å². The van der Waals surface area contributed by atoms with Crippen molar-refractivity contribution in [2.75, 3.05) is 45.8 Å². The van der Waals surface area contributed by atoms with Gasteiger partial charge in [0.25, 0.3) is 0 Å². The number of para-hydroxylation sites is 5. The lowest BCUT2D eigenvalue weighted by Crippen LogP contribution is -2.08. The zero-order valence-corrected chi connectivity index (χ0v) is 21.0. The van der Waals surface area contributed by atoms with Gasteiger partial charge in [-0.25, -0.2) is 0 Å². The summed E-state index contributed by atoms with van der Waals surface area (Å²) in [7, 11) is 3.28. The van der Waals surface area contributed by atoms with E-state index in [9.17, 15) is 0 Å². The van der Waals surface area contributed by atoms with Gasteiger partial charge in [0.2, 0.25) is 0 Å². The average molecular weight is 490 g/mol. The first kappa shape index (κ1) is 26.6. The molecule has 0 aliphatic heterocycles. The number of aromatic nitrogens is 1. The molecule has 0 spiro atoms. The van der Waals surface area contributed by atoms with Crippen molar-refractivity contribution in [3.63, 3.8) is 0 Å².